The van der Waals surface area contributed by atoms with Gasteiger partial charge in [0.15, 0.2) is 29.0 Å². The van der Waals surface area contributed by atoms with Crippen LogP contribution in [0.25, 0.3) is 17.0 Å². The van der Waals surface area contributed by atoms with Gasteiger partial charge in [-0.25, -0.2) is 26.9 Å². The SMILES string of the molecule is C/C(=C/c1c(C)nc(C)n1C)C(=O)c1cccc2c(C(=O)c3cc(F)c(F)c(F)c3)cn(CC(F)(F)CO)c12. The second-order valence-corrected chi connectivity index (χ2v) is 9.31. The minimum atomic E-state index is -3.62. The highest BCUT2D eigenvalue weighted by molar-refractivity contribution is 6.22. The summed E-state index contributed by atoms with van der Waals surface area (Å²) in [5.41, 5.74) is 0.773. The number of para-hydroxylation sites is 1. The predicted octanol–water partition coefficient (Wildman–Crippen LogP) is 5.55. The van der Waals surface area contributed by atoms with E-state index < -0.39 is 53.7 Å². The van der Waals surface area contributed by atoms with E-state index in [1.165, 1.54) is 18.2 Å². The fourth-order valence-corrected chi connectivity index (χ4v) is 4.47. The fourth-order valence-electron chi connectivity index (χ4n) is 4.47. The zero-order valence-corrected chi connectivity index (χ0v) is 21.5. The molecule has 39 heavy (non-hydrogen) atoms. The van der Waals surface area contributed by atoms with Gasteiger partial charge in [0.05, 0.1) is 23.4 Å². The van der Waals surface area contributed by atoms with Gasteiger partial charge in [0.25, 0.3) is 5.92 Å². The van der Waals surface area contributed by atoms with Gasteiger partial charge in [-0.3, -0.25) is 9.59 Å². The van der Waals surface area contributed by atoms with Gasteiger partial charge in [-0.05, 0) is 50.6 Å². The van der Waals surface area contributed by atoms with E-state index >= 15 is 0 Å². The van der Waals surface area contributed by atoms with Crippen molar-refractivity contribution in [1.29, 1.82) is 0 Å². The maximum Gasteiger partial charge on any atom is 0.288 e. The molecule has 1 N–H and O–H groups in total. The number of aliphatic hydroxyl groups is 1. The maximum atomic E-state index is 14.3. The van der Waals surface area contributed by atoms with Crippen molar-refractivity contribution in [3.63, 3.8) is 0 Å². The number of fused-ring (bicyclic) bond motifs is 1. The molecule has 4 aromatic rings. The number of aliphatic hydroxyl groups excluding tert-OH is 1. The number of aromatic nitrogens is 3. The van der Waals surface area contributed by atoms with Crippen molar-refractivity contribution in [2.45, 2.75) is 33.2 Å². The number of Topliss-reactive ketones (excluding diaryl/α,β-unsaturated/α-hetero) is 1. The van der Waals surface area contributed by atoms with Gasteiger partial charge in [-0.15, -0.1) is 0 Å². The molecule has 0 spiro atoms. The van der Waals surface area contributed by atoms with Crippen LogP contribution in [0.15, 0.2) is 42.1 Å². The second kappa shape index (κ2) is 10.2. The zero-order valence-electron chi connectivity index (χ0n) is 21.5. The number of ketones is 2. The number of imidazole rings is 1. The van der Waals surface area contributed by atoms with Gasteiger partial charge in [-0.2, -0.15) is 0 Å². The van der Waals surface area contributed by atoms with Crippen LogP contribution in [0.4, 0.5) is 22.0 Å². The van der Waals surface area contributed by atoms with Crippen molar-refractivity contribution < 1.29 is 36.6 Å². The van der Waals surface area contributed by atoms with E-state index in [1.807, 2.05) is 0 Å². The van der Waals surface area contributed by atoms with Gasteiger partial charge in [-0.1, -0.05) is 12.1 Å². The first-order valence-corrected chi connectivity index (χ1v) is 11.8. The van der Waals surface area contributed by atoms with Crippen LogP contribution in [0.5, 0.6) is 0 Å². The first-order chi connectivity index (χ1) is 18.3. The fraction of sp³-hybridized carbons (Fsp3) is 0.250. The van der Waals surface area contributed by atoms with Crippen LogP contribution in [0.3, 0.4) is 0 Å². The van der Waals surface area contributed by atoms with E-state index in [0.29, 0.717) is 23.5 Å². The van der Waals surface area contributed by atoms with Crippen molar-refractivity contribution in [3.05, 3.63) is 93.5 Å². The molecule has 0 saturated carbocycles. The van der Waals surface area contributed by atoms with Gasteiger partial charge in [0, 0.05) is 35.3 Å². The molecular weight excluding hydrogens is 521 g/mol. The first-order valence-electron chi connectivity index (χ1n) is 11.8. The molecule has 0 saturated heterocycles. The minimum Gasteiger partial charge on any atom is -0.390 e. The number of carbonyl (C=O) groups is 2. The van der Waals surface area contributed by atoms with Gasteiger partial charge < -0.3 is 14.2 Å². The van der Waals surface area contributed by atoms with Crippen molar-refractivity contribution >= 4 is 28.5 Å². The Morgan fingerprint density at radius 3 is 2.28 bits per heavy atom. The lowest BCUT2D eigenvalue weighted by Crippen LogP contribution is -2.28. The zero-order chi connectivity index (χ0) is 28.8. The third kappa shape index (κ3) is 5.14. The van der Waals surface area contributed by atoms with E-state index in [-0.39, 0.29) is 27.6 Å². The average Bonchev–Trinajstić information content (AvgIpc) is 3.37. The molecule has 0 aliphatic heterocycles. The lowest BCUT2D eigenvalue weighted by Gasteiger charge is -2.16. The minimum absolute atomic E-state index is 0.0120. The van der Waals surface area contributed by atoms with Crippen LogP contribution in [0.2, 0.25) is 0 Å². The van der Waals surface area contributed by atoms with Crippen molar-refractivity contribution in [2.24, 2.45) is 7.05 Å². The van der Waals surface area contributed by atoms with Crippen molar-refractivity contribution in [1.82, 2.24) is 14.1 Å². The normalized spacial score (nSPS) is 12.4. The lowest BCUT2D eigenvalue weighted by molar-refractivity contribution is -0.0620. The summed E-state index contributed by atoms with van der Waals surface area (Å²) in [6.07, 6.45) is 2.64. The molecule has 204 valence electrons. The summed E-state index contributed by atoms with van der Waals surface area (Å²) in [5.74, 6) is -9.34. The predicted molar refractivity (Wildman–Crippen MR) is 134 cm³/mol. The summed E-state index contributed by atoms with van der Waals surface area (Å²) in [7, 11) is 1.78. The maximum absolute atomic E-state index is 14.3. The number of hydrogen-bond acceptors (Lipinski definition) is 4. The Kier molecular flexibility index (Phi) is 7.31. The smallest absolute Gasteiger partial charge is 0.288 e. The van der Waals surface area contributed by atoms with Crippen LogP contribution < -0.4 is 0 Å². The number of carbonyl (C=O) groups excluding carboxylic acids is 2. The van der Waals surface area contributed by atoms with Crippen molar-refractivity contribution in [3.8, 4) is 0 Å². The van der Waals surface area contributed by atoms with E-state index in [4.69, 9.17) is 5.11 Å². The molecule has 2 heterocycles. The number of hydrogen-bond donors (Lipinski definition) is 1. The van der Waals surface area contributed by atoms with Crippen LogP contribution in [-0.4, -0.2) is 43.3 Å². The summed E-state index contributed by atoms with van der Waals surface area (Å²) in [6.45, 7) is 2.53. The Bertz CT molecular complexity index is 1640. The van der Waals surface area contributed by atoms with Gasteiger partial charge in [0.2, 0.25) is 0 Å². The van der Waals surface area contributed by atoms with E-state index in [2.05, 4.69) is 4.98 Å². The van der Waals surface area contributed by atoms with Crippen LogP contribution in [0, 0.1) is 31.3 Å². The van der Waals surface area contributed by atoms with Crippen LogP contribution in [0.1, 0.15) is 50.4 Å². The van der Waals surface area contributed by atoms with Crippen LogP contribution >= 0.6 is 0 Å². The number of allylic oxidation sites excluding steroid dienone is 1. The largest absolute Gasteiger partial charge is 0.390 e. The third-order valence-corrected chi connectivity index (χ3v) is 6.52. The average molecular weight is 546 g/mol. The summed E-state index contributed by atoms with van der Waals surface area (Å²) >= 11 is 0. The Labute approximate surface area is 220 Å². The molecule has 2 aromatic carbocycles. The molecule has 0 fully saturated rings. The standard InChI is InChI=1S/C28H24F5N3O3/c1-14(8-23-15(2)34-16(3)35(23)4)26(38)19-7-5-6-18-20(11-36(25(18)19)12-28(32,33)13-37)27(39)17-9-21(29)24(31)22(30)10-17/h5-11,37H,12-13H2,1-4H3/b14-8-. The van der Waals surface area contributed by atoms with E-state index in [0.717, 1.165) is 16.6 Å². The molecule has 0 radical (unpaired) electrons. The summed E-state index contributed by atoms with van der Waals surface area (Å²) in [5, 5.41) is 9.22. The highest BCUT2D eigenvalue weighted by atomic mass is 19.3. The summed E-state index contributed by atoms with van der Waals surface area (Å²) in [6, 6.07) is 5.26. The molecule has 11 heteroatoms. The Morgan fingerprint density at radius 2 is 1.72 bits per heavy atom. The van der Waals surface area contributed by atoms with Gasteiger partial charge >= 0.3 is 0 Å². The molecule has 0 aliphatic rings. The topological polar surface area (TPSA) is 77.1 Å². The molecule has 4 rings (SSSR count). The molecule has 0 atom stereocenters. The monoisotopic (exact) mass is 545 g/mol. The quantitative estimate of drug-likeness (QED) is 0.136. The highest BCUT2D eigenvalue weighted by Gasteiger charge is 2.31. The highest BCUT2D eigenvalue weighted by Crippen LogP contribution is 2.31. The number of benzene rings is 2. The summed E-state index contributed by atoms with van der Waals surface area (Å²) < 4.78 is 72.5. The Balaban J connectivity index is 1.91. The number of alkyl halides is 2. The number of nitrogens with zero attached hydrogens (tertiary/aromatic N) is 3. The number of aryl methyl sites for hydroxylation is 2. The lowest BCUT2D eigenvalue weighted by atomic mass is 9.97. The van der Waals surface area contributed by atoms with E-state index in [1.54, 1.807) is 38.5 Å². The second-order valence-electron chi connectivity index (χ2n) is 9.31. The van der Waals surface area contributed by atoms with Gasteiger partial charge in [0.1, 0.15) is 12.4 Å². The number of rotatable bonds is 8. The van der Waals surface area contributed by atoms with E-state index in [9.17, 15) is 31.5 Å². The molecule has 2 aromatic heterocycles. The molecule has 0 bridgehead atoms. The van der Waals surface area contributed by atoms with Crippen molar-refractivity contribution in [2.75, 3.05) is 6.61 Å². The number of halogens is 5. The molecular formula is C28H24F5N3O3. The Morgan fingerprint density at radius 1 is 1.08 bits per heavy atom. The molecule has 0 unspecified atom stereocenters. The molecule has 0 amide bonds. The molecule has 0 aliphatic carbocycles. The molecule has 6 nitrogen and oxygen atoms in total. The third-order valence-electron chi connectivity index (χ3n) is 6.52. The first kappa shape index (κ1) is 27.9. The Hall–Kier alpha value is -4.12. The van der Waals surface area contributed by atoms with Crippen LogP contribution in [-0.2, 0) is 13.6 Å². The summed E-state index contributed by atoms with van der Waals surface area (Å²) in [4.78, 5) is 31.2.